The Morgan fingerprint density at radius 2 is 2.22 bits per heavy atom. The van der Waals surface area contributed by atoms with Gasteiger partial charge in [-0.1, -0.05) is 11.6 Å². The van der Waals surface area contributed by atoms with Crippen molar-refractivity contribution in [2.24, 2.45) is 0 Å². The van der Waals surface area contributed by atoms with Crippen LogP contribution in [0.5, 0.6) is 5.88 Å². The zero-order valence-electron chi connectivity index (χ0n) is 13.0. The summed E-state index contributed by atoms with van der Waals surface area (Å²) in [5.41, 5.74) is 0.641. The van der Waals surface area contributed by atoms with Crippen LogP contribution < -0.4 is 4.74 Å². The first kappa shape index (κ1) is 17.1. The number of methoxy groups -OCH3 is 1. The molecular formula is C15H16ClFN4O2. The molecule has 2 aromatic heterocycles. The van der Waals surface area contributed by atoms with E-state index in [-0.39, 0.29) is 17.7 Å². The summed E-state index contributed by atoms with van der Waals surface area (Å²) in [5, 5.41) is 0.532. The molecule has 1 unspecified atom stereocenters. The number of hydrogen-bond acceptors (Lipinski definition) is 5. The lowest BCUT2D eigenvalue weighted by Gasteiger charge is -2.27. The smallest absolute Gasteiger partial charge is 0.292 e. The van der Waals surface area contributed by atoms with E-state index in [2.05, 4.69) is 15.0 Å². The summed E-state index contributed by atoms with van der Waals surface area (Å²) in [6.07, 6.45) is 2.49. The van der Waals surface area contributed by atoms with E-state index in [1.807, 2.05) is 13.8 Å². The zero-order chi connectivity index (χ0) is 17.0. The summed E-state index contributed by atoms with van der Waals surface area (Å²) in [4.78, 5) is 25.9. The highest BCUT2D eigenvalue weighted by Gasteiger charge is 2.25. The van der Waals surface area contributed by atoms with Gasteiger partial charge in [-0.25, -0.2) is 4.98 Å². The number of carbonyl (C=O) groups is 1. The molecule has 2 aromatic rings. The van der Waals surface area contributed by atoms with E-state index in [0.29, 0.717) is 17.3 Å². The number of ether oxygens (including phenoxy) is 1. The zero-order valence-corrected chi connectivity index (χ0v) is 13.7. The number of halogens is 2. The van der Waals surface area contributed by atoms with E-state index in [0.717, 1.165) is 6.20 Å². The van der Waals surface area contributed by atoms with Gasteiger partial charge >= 0.3 is 0 Å². The van der Waals surface area contributed by atoms with Gasteiger partial charge in [0, 0.05) is 17.8 Å². The van der Waals surface area contributed by atoms with Crippen LogP contribution >= 0.6 is 11.6 Å². The fourth-order valence-corrected chi connectivity index (χ4v) is 2.30. The van der Waals surface area contributed by atoms with Crippen molar-refractivity contribution in [3.05, 3.63) is 46.9 Å². The van der Waals surface area contributed by atoms with Crippen molar-refractivity contribution in [2.45, 2.75) is 19.9 Å². The van der Waals surface area contributed by atoms with E-state index >= 15 is 0 Å². The quantitative estimate of drug-likeness (QED) is 0.838. The second-order valence-corrected chi connectivity index (χ2v) is 5.15. The first-order valence-electron chi connectivity index (χ1n) is 6.96. The highest BCUT2D eigenvalue weighted by atomic mass is 35.5. The minimum Gasteiger partial charge on any atom is -0.479 e. The molecule has 1 atom stereocenters. The molecule has 0 saturated heterocycles. The Morgan fingerprint density at radius 1 is 1.48 bits per heavy atom. The van der Waals surface area contributed by atoms with Crippen LogP contribution in [-0.4, -0.2) is 39.4 Å². The largest absolute Gasteiger partial charge is 0.479 e. The Morgan fingerprint density at radius 3 is 2.83 bits per heavy atom. The van der Waals surface area contributed by atoms with Crippen molar-refractivity contribution in [1.29, 1.82) is 0 Å². The number of pyridine rings is 1. The molecule has 6 nitrogen and oxygen atoms in total. The number of carbonyl (C=O) groups excluding carboxylic acids is 1. The Labute approximate surface area is 138 Å². The Hall–Kier alpha value is -2.28. The second-order valence-electron chi connectivity index (χ2n) is 4.72. The van der Waals surface area contributed by atoms with Crippen LogP contribution in [0.3, 0.4) is 0 Å². The Kier molecular flexibility index (Phi) is 5.44. The van der Waals surface area contributed by atoms with Crippen LogP contribution in [0.4, 0.5) is 4.39 Å². The van der Waals surface area contributed by atoms with Gasteiger partial charge in [-0.15, -0.1) is 0 Å². The molecule has 23 heavy (non-hydrogen) atoms. The normalized spacial score (nSPS) is 11.9. The number of nitrogens with zero attached hydrogens (tertiary/aromatic N) is 4. The van der Waals surface area contributed by atoms with E-state index in [9.17, 15) is 9.18 Å². The maximum atomic E-state index is 13.4. The van der Waals surface area contributed by atoms with E-state index in [4.69, 9.17) is 16.3 Å². The van der Waals surface area contributed by atoms with Crippen LogP contribution in [0.25, 0.3) is 0 Å². The third kappa shape index (κ3) is 3.73. The maximum Gasteiger partial charge on any atom is 0.292 e. The molecule has 0 fully saturated rings. The van der Waals surface area contributed by atoms with Crippen LogP contribution in [-0.2, 0) is 0 Å². The molecular weight excluding hydrogens is 323 g/mol. The first-order chi connectivity index (χ1) is 11.0. The van der Waals surface area contributed by atoms with Crippen molar-refractivity contribution in [3.8, 4) is 5.88 Å². The van der Waals surface area contributed by atoms with Gasteiger partial charge in [0.15, 0.2) is 0 Å². The monoisotopic (exact) mass is 338 g/mol. The molecule has 0 bridgehead atoms. The average molecular weight is 339 g/mol. The van der Waals surface area contributed by atoms with Crippen LogP contribution in [0.1, 0.15) is 36.2 Å². The lowest BCUT2D eigenvalue weighted by molar-refractivity contribution is 0.0684. The molecule has 8 heteroatoms. The number of amides is 1. The SMILES string of the molecule is CCN(C(=O)c1ncc(F)c(OC)n1)C(C)c1cc(Cl)ccn1. The van der Waals surface area contributed by atoms with Crippen molar-refractivity contribution >= 4 is 17.5 Å². The molecule has 0 aliphatic heterocycles. The number of aromatic nitrogens is 3. The fourth-order valence-electron chi connectivity index (χ4n) is 2.13. The minimum atomic E-state index is -0.725. The molecule has 122 valence electrons. The minimum absolute atomic E-state index is 0.140. The predicted molar refractivity (Wildman–Crippen MR) is 82.9 cm³/mol. The van der Waals surface area contributed by atoms with Crippen molar-refractivity contribution in [2.75, 3.05) is 13.7 Å². The summed E-state index contributed by atoms with van der Waals surface area (Å²) in [5.74, 6) is -1.58. The summed E-state index contributed by atoms with van der Waals surface area (Å²) in [6, 6.07) is 3.00. The summed E-state index contributed by atoms with van der Waals surface area (Å²) >= 11 is 5.96. The van der Waals surface area contributed by atoms with E-state index in [1.165, 1.54) is 12.0 Å². The van der Waals surface area contributed by atoms with Crippen molar-refractivity contribution in [1.82, 2.24) is 19.9 Å². The highest BCUT2D eigenvalue weighted by Crippen LogP contribution is 2.22. The van der Waals surface area contributed by atoms with Gasteiger partial charge in [0.25, 0.3) is 11.8 Å². The summed E-state index contributed by atoms with van der Waals surface area (Å²) in [6.45, 7) is 4.04. The molecule has 0 radical (unpaired) electrons. The summed E-state index contributed by atoms with van der Waals surface area (Å²) in [7, 11) is 1.27. The molecule has 0 spiro atoms. The number of hydrogen-bond donors (Lipinski definition) is 0. The van der Waals surface area contributed by atoms with Crippen LogP contribution in [0, 0.1) is 5.82 Å². The van der Waals surface area contributed by atoms with Gasteiger partial charge in [-0.05, 0) is 26.0 Å². The Bertz CT molecular complexity index is 714. The van der Waals surface area contributed by atoms with E-state index in [1.54, 1.807) is 18.3 Å². The van der Waals surface area contributed by atoms with Crippen molar-refractivity contribution < 1.29 is 13.9 Å². The molecule has 1 amide bonds. The number of rotatable bonds is 5. The molecule has 0 N–H and O–H groups in total. The molecule has 0 aliphatic rings. The van der Waals surface area contributed by atoms with Gasteiger partial charge < -0.3 is 9.64 Å². The van der Waals surface area contributed by atoms with Crippen molar-refractivity contribution in [3.63, 3.8) is 0 Å². The standard InChI is InChI=1S/C15H16ClFN4O2/c1-4-21(9(2)12-7-10(16)5-6-18-12)15(22)13-19-8-11(17)14(20-13)23-3/h5-9H,4H2,1-3H3. The van der Waals surface area contributed by atoms with Gasteiger partial charge in [-0.3, -0.25) is 9.78 Å². The predicted octanol–water partition coefficient (Wildman–Crippen LogP) is 2.90. The first-order valence-corrected chi connectivity index (χ1v) is 7.34. The molecule has 2 heterocycles. The van der Waals surface area contributed by atoms with Crippen LogP contribution in [0.2, 0.25) is 5.02 Å². The third-order valence-corrected chi connectivity index (χ3v) is 3.57. The third-order valence-electron chi connectivity index (χ3n) is 3.34. The molecule has 0 saturated carbocycles. The lowest BCUT2D eigenvalue weighted by Crippen LogP contribution is -2.35. The average Bonchev–Trinajstić information content (AvgIpc) is 2.55. The topological polar surface area (TPSA) is 68.2 Å². The lowest BCUT2D eigenvalue weighted by atomic mass is 10.1. The van der Waals surface area contributed by atoms with Gasteiger partial charge in [-0.2, -0.15) is 9.37 Å². The van der Waals surface area contributed by atoms with E-state index < -0.39 is 11.7 Å². The Balaban J connectivity index is 2.31. The maximum absolute atomic E-state index is 13.4. The molecule has 0 aliphatic carbocycles. The summed E-state index contributed by atoms with van der Waals surface area (Å²) < 4.78 is 18.2. The van der Waals surface area contributed by atoms with Gasteiger partial charge in [0.2, 0.25) is 11.6 Å². The van der Waals surface area contributed by atoms with Gasteiger partial charge in [0.05, 0.1) is 25.0 Å². The molecule has 0 aromatic carbocycles. The van der Waals surface area contributed by atoms with Gasteiger partial charge in [0.1, 0.15) is 0 Å². The van der Waals surface area contributed by atoms with Crippen LogP contribution in [0.15, 0.2) is 24.5 Å². The highest BCUT2D eigenvalue weighted by molar-refractivity contribution is 6.30. The fraction of sp³-hybridized carbons (Fsp3) is 0.333. The second kappa shape index (κ2) is 7.32. The molecule has 2 rings (SSSR count).